The molecule has 0 radical (unpaired) electrons. The Hall–Kier alpha value is -2.42. The maximum atomic E-state index is 12.5. The van der Waals surface area contributed by atoms with E-state index in [9.17, 15) is 9.59 Å². The summed E-state index contributed by atoms with van der Waals surface area (Å²) in [6.45, 7) is 4.60. The van der Waals surface area contributed by atoms with Crippen LogP contribution in [0.3, 0.4) is 0 Å². The van der Waals surface area contributed by atoms with Gasteiger partial charge in [-0.3, -0.25) is 14.2 Å². The van der Waals surface area contributed by atoms with Gasteiger partial charge in [0.15, 0.2) is 0 Å². The molecule has 1 aromatic carbocycles. The number of carbonyl (C=O) groups is 1. The van der Waals surface area contributed by atoms with Crippen LogP contribution in [0.5, 0.6) is 0 Å². The minimum absolute atomic E-state index is 0.0389. The molecule has 4 rings (SSSR count). The number of nitrogens with one attached hydrogen (secondary N) is 2. The SMILES string of the molecule is CC1(C)OCCn2c1nc(C(=O)NCc1nc3cc(Cl)c(Cl)cc3[nH]1)cc2=O. The molecule has 0 bridgehead atoms. The predicted octanol–water partition coefficient (Wildman–Crippen LogP) is 2.62. The van der Waals surface area contributed by atoms with Crippen molar-refractivity contribution in [1.29, 1.82) is 0 Å². The molecule has 0 saturated heterocycles. The van der Waals surface area contributed by atoms with Crippen LogP contribution >= 0.6 is 23.2 Å². The Labute approximate surface area is 169 Å². The summed E-state index contributed by atoms with van der Waals surface area (Å²) < 4.78 is 7.21. The Morgan fingerprint density at radius 2 is 2.04 bits per heavy atom. The molecule has 0 fully saturated rings. The molecule has 2 aromatic heterocycles. The average molecular weight is 422 g/mol. The number of fused-ring (bicyclic) bond motifs is 2. The molecule has 0 atom stereocenters. The van der Waals surface area contributed by atoms with Crippen LogP contribution in [-0.2, 0) is 23.4 Å². The van der Waals surface area contributed by atoms with Crippen LogP contribution in [-0.4, -0.2) is 32.0 Å². The summed E-state index contributed by atoms with van der Waals surface area (Å²) in [5.74, 6) is 0.489. The number of hydrogen-bond acceptors (Lipinski definition) is 5. The molecule has 10 heteroatoms. The van der Waals surface area contributed by atoms with E-state index in [1.807, 2.05) is 13.8 Å². The average Bonchev–Trinajstić information content (AvgIpc) is 3.02. The maximum absolute atomic E-state index is 12.5. The summed E-state index contributed by atoms with van der Waals surface area (Å²) in [4.78, 5) is 36.7. The smallest absolute Gasteiger partial charge is 0.270 e. The maximum Gasteiger partial charge on any atom is 0.270 e. The van der Waals surface area contributed by atoms with E-state index in [2.05, 4.69) is 20.3 Å². The standard InChI is InChI=1S/C18H17Cl2N5O3/c1-18(2)17-24-13(7-15(26)25(17)3-4-28-18)16(27)21-8-14-22-11-5-9(19)10(20)6-12(11)23-14/h5-7H,3-4,8H2,1-2H3,(H,21,27)(H,22,23). The molecule has 3 aromatic rings. The lowest BCUT2D eigenvalue weighted by molar-refractivity contribution is -0.0564. The van der Waals surface area contributed by atoms with Crippen molar-refractivity contribution in [3.05, 3.63) is 55.9 Å². The first-order chi connectivity index (χ1) is 13.2. The number of imidazole rings is 1. The number of carbonyl (C=O) groups excluding carboxylic acids is 1. The first-order valence-corrected chi connectivity index (χ1v) is 9.38. The van der Waals surface area contributed by atoms with Crippen LogP contribution in [0.4, 0.5) is 0 Å². The summed E-state index contributed by atoms with van der Waals surface area (Å²) in [6, 6.07) is 4.55. The predicted molar refractivity (Wildman–Crippen MR) is 105 cm³/mol. The Morgan fingerprint density at radius 3 is 2.82 bits per heavy atom. The minimum atomic E-state index is -0.745. The van der Waals surface area contributed by atoms with Gasteiger partial charge in [-0.1, -0.05) is 23.2 Å². The first-order valence-electron chi connectivity index (χ1n) is 8.63. The zero-order valence-corrected chi connectivity index (χ0v) is 16.7. The van der Waals surface area contributed by atoms with Gasteiger partial charge in [-0.05, 0) is 26.0 Å². The topological polar surface area (TPSA) is 102 Å². The number of amides is 1. The van der Waals surface area contributed by atoms with Crippen molar-refractivity contribution in [3.63, 3.8) is 0 Å². The molecule has 3 heterocycles. The number of H-pyrrole nitrogens is 1. The third-order valence-electron chi connectivity index (χ3n) is 4.55. The zero-order chi connectivity index (χ0) is 20.1. The summed E-state index contributed by atoms with van der Waals surface area (Å²) in [6.07, 6.45) is 0. The number of aromatic nitrogens is 4. The molecule has 1 aliphatic rings. The van der Waals surface area contributed by atoms with Gasteiger partial charge < -0.3 is 15.0 Å². The normalized spacial score (nSPS) is 15.4. The highest BCUT2D eigenvalue weighted by molar-refractivity contribution is 6.42. The van der Waals surface area contributed by atoms with Crippen molar-refractivity contribution < 1.29 is 9.53 Å². The second kappa shape index (κ2) is 6.88. The fraction of sp³-hybridized carbons (Fsp3) is 0.333. The van der Waals surface area contributed by atoms with Crippen molar-refractivity contribution in [3.8, 4) is 0 Å². The van der Waals surface area contributed by atoms with Crippen molar-refractivity contribution >= 4 is 40.1 Å². The van der Waals surface area contributed by atoms with Gasteiger partial charge in [0.1, 0.15) is 22.9 Å². The Morgan fingerprint density at radius 1 is 1.29 bits per heavy atom. The number of nitrogens with zero attached hydrogens (tertiary/aromatic N) is 3. The lowest BCUT2D eigenvalue weighted by atomic mass is 10.1. The molecule has 1 amide bonds. The molecule has 146 valence electrons. The van der Waals surface area contributed by atoms with Crippen molar-refractivity contribution in [2.75, 3.05) is 6.61 Å². The molecule has 0 spiro atoms. The number of rotatable bonds is 3. The van der Waals surface area contributed by atoms with Gasteiger partial charge in [-0.15, -0.1) is 0 Å². The van der Waals surface area contributed by atoms with Gasteiger partial charge in [0.2, 0.25) is 0 Å². The minimum Gasteiger partial charge on any atom is -0.366 e. The molecule has 2 N–H and O–H groups in total. The molecule has 1 aliphatic heterocycles. The Kier molecular flexibility index (Phi) is 4.65. The van der Waals surface area contributed by atoms with E-state index in [1.54, 1.807) is 12.1 Å². The molecule has 0 saturated carbocycles. The van der Waals surface area contributed by atoms with Gasteiger partial charge in [0.05, 0.1) is 40.8 Å². The summed E-state index contributed by atoms with van der Waals surface area (Å²) in [7, 11) is 0. The Balaban J connectivity index is 1.56. The lowest BCUT2D eigenvalue weighted by Crippen LogP contribution is -2.42. The van der Waals surface area contributed by atoms with Crippen LogP contribution in [0.15, 0.2) is 23.0 Å². The van der Waals surface area contributed by atoms with Crippen LogP contribution in [0, 0.1) is 0 Å². The Bertz CT molecular complexity index is 1110. The number of benzene rings is 1. The number of ether oxygens (including phenoxy) is 1. The largest absolute Gasteiger partial charge is 0.366 e. The summed E-state index contributed by atoms with van der Waals surface area (Å²) in [5.41, 5.74) is 0.368. The van der Waals surface area contributed by atoms with Gasteiger partial charge in [0.25, 0.3) is 11.5 Å². The summed E-state index contributed by atoms with van der Waals surface area (Å²) >= 11 is 12.0. The lowest BCUT2D eigenvalue weighted by Gasteiger charge is -2.32. The first kappa shape index (κ1) is 18.9. The van der Waals surface area contributed by atoms with E-state index in [4.69, 9.17) is 27.9 Å². The number of aromatic amines is 1. The van der Waals surface area contributed by atoms with Crippen molar-refractivity contribution in [2.24, 2.45) is 0 Å². The molecule has 8 nitrogen and oxygen atoms in total. The van der Waals surface area contributed by atoms with Crippen molar-refractivity contribution in [1.82, 2.24) is 24.8 Å². The fourth-order valence-corrected chi connectivity index (χ4v) is 3.47. The van der Waals surface area contributed by atoms with E-state index < -0.39 is 11.5 Å². The van der Waals surface area contributed by atoms with Gasteiger partial charge in [-0.2, -0.15) is 0 Å². The quantitative estimate of drug-likeness (QED) is 0.676. The highest BCUT2D eigenvalue weighted by Gasteiger charge is 2.32. The number of halogens is 2. The second-order valence-electron chi connectivity index (χ2n) is 6.96. The molecular weight excluding hydrogens is 405 g/mol. The van der Waals surface area contributed by atoms with Crippen LogP contribution in [0.2, 0.25) is 10.0 Å². The van der Waals surface area contributed by atoms with Gasteiger partial charge >= 0.3 is 0 Å². The highest BCUT2D eigenvalue weighted by atomic mass is 35.5. The van der Waals surface area contributed by atoms with E-state index in [0.29, 0.717) is 45.9 Å². The van der Waals surface area contributed by atoms with Gasteiger partial charge in [0, 0.05) is 6.07 Å². The van der Waals surface area contributed by atoms with E-state index in [-0.39, 0.29) is 17.8 Å². The zero-order valence-electron chi connectivity index (χ0n) is 15.2. The monoisotopic (exact) mass is 421 g/mol. The molecular formula is C18H17Cl2N5O3. The molecule has 28 heavy (non-hydrogen) atoms. The van der Waals surface area contributed by atoms with E-state index in [1.165, 1.54) is 10.6 Å². The van der Waals surface area contributed by atoms with Crippen LogP contribution in [0.1, 0.15) is 36.0 Å². The van der Waals surface area contributed by atoms with Crippen LogP contribution in [0.25, 0.3) is 11.0 Å². The molecule has 0 unspecified atom stereocenters. The third-order valence-corrected chi connectivity index (χ3v) is 5.27. The second-order valence-corrected chi connectivity index (χ2v) is 7.78. The van der Waals surface area contributed by atoms with Crippen molar-refractivity contribution in [2.45, 2.75) is 32.5 Å². The van der Waals surface area contributed by atoms with Gasteiger partial charge in [-0.25, -0.2) is 9.97 Å². The van der Waals surface area contributed by atoms with Crippen LogP contribution < -0.4 is 10.9 Å². The third kappa shape index (κ3) is 3.39. The highest BCUT2D eigenvalue weighted by Crippen LogP contribution is 2.27. The van der Waals surface area contributed by atoms with E-state index >= 15 is 0 Å². The molecule has 0 aliphatic carbocycles. The van der Waals surface area contributed by atoms with E-state index in [0.717, 1.165) is 0 Å². The number of hydrogen-bond donors (Lipinski definition) is 2. The fourth-order valence-electron chi connectivity index (χ4n) is 3.15. The summed E-state index contributed by atoms with van der Waals surface area (Å²) in [5, 5.41) is 3.53.